The van der Waals surface area contributed by atoms with Crippen LogP contribution in [-0.2, 0) is 4.79 Å². The van der Waals surface area contributed by atoms with E-state index >= 15 is 0 Å². The molecule has 0 aliphatic carbocycles. The van der Waals surface area contributed by atoms with E-state index in [4.69, 9.17) is 0 Å². The first kappa shape index (κ1) is 18.1. The van der Waals surface area contributed by atoms with Gasteiger partial charge in [-0.1, -0.05) is 28.1 Å². The zero-order valence-electron chi connectivity index (χ0n) is 14.5. The molecule has 0 unspecified atom stereocenters. The number of benzene rings is 1. The normalized spacial score (nSPS) is 14.9. The number of hydrogen-bond donors (Lipinski definition) is 1. The van der Waals surface area contributed by atoms with Crippen molar-refractivity contribution < 1.29 is 4.79 Å². The maximum absolute atomic E-state index is 12.6. The van der Waals surface area contributed by atoms with Gasteiger partial charge in [0, 0.05) is 46.8 Å². The number of amides is 1. The van der Waals surface area contributed by atoms with E-state index in [9.17, 15) is 4.79 Å². The Labute approximate surface area is 169 Å². The van der Waals surface area contributed by atoms with Crippen molar-refractivity contribution in [2.24, 2.45) is 5.92 Å². The lowest BCUT2D eigenvalue weighted by Gasteiger charge is -2.31. The smallest absolute Gasteiger partial charge is 0.229 e. The Bertz CT molecular complexity index is 925. The summed E-state index contributed by atoms with van der Waals surface area (Å²) in [5, 5.41) is 5.59. The third kappa shape index (κ3) is 4.33. The molecule has 0 atom stereocenters. The summed E-state index contributed by atoms with van der Waals surface area (Å²) in [4.78, 5) is 27.8. The van der Waals surface area contributed by atoms with Gasteiger partial charge in [0.15, 0.2) is 5.13 Å². The lowest BCUT2D eigenvalue weighted by Crippen LogP contribution is -2.38. The molecule has 0 saturated carbocycles. The number of hydrogen-bond acceptors (Lipinski definition) is 6. The Morgan fingerprint density at radius 2 is 2.11 bits per heavy atom. The third-order valence-corrected chi connectivity index (χ3v) is 5.84. The van der Waals surface area contributed by atoms with E-state index in [1.165, 1.54) is 11.3 Å². The fourth-order valence-corrected chi connectivity index (χ4v) is 4.27. The van der Waals surface area contributed by atoms with Gasteiger partial charge in [0.05, 0.1) is 11.9 Å². The van der Waals surface area contributed by atoms with Crippen molar-refractivity contribution in [2.75, 3.05) is 23.3 Å². The molecule has 1 fully saturated rings. The van der Waals surface area contributed by atoms with Crippen LogP contribution in [0, 0.1) is 5.92 Å². The number of carbonyl (C=O) groups excluding carboxylic acids is 1. The second kappa shape index (κ2) is 8.14. The summed E-state index contributed by atoms with van der Waals surface area (Å²) in [5.74, 6) is 0.912. The highest BCUT2D eigenvalue weighted by molar-refractivity contribution is 9.10. The van der Waals surface area contributed by atoms with Gasteiger partial charge in [-0.15, -0.1) is 11.3 Å². The number of piperidine rings is 1. The highest BCUT2D eigenvalue weighted by Crippen LogP contribution is 2.28. The third-order valence-electron chi connectivity index (χ3n) is 4.59. The van der Waals surface area contributed by atoms with Crippen molar-refractivity contribution in [1.82, 2.24) is 15.0 Å². The molecule has 1 aliphatic heterocycles. The molecule has 0 radical (unpaired) electrons. The Balaban J connectivity index is 1.35. The van der Waals surface area contributed by atoms with Crippen molar-refractivity contribution in [3.63, 3.8) is 0 Å². The summed E-state index contributed by atoms with van der Waals surface area (Å²) in [6, 6.07) is 7.98. The number of aromatic nitrogens is 3. The number of nitrogens with zero attached hydrogens (tertiary/aromatic N) is 4. The molecule has 1 aromatic carbocycles. The largest absolute Gasteiger partial charge is 0.355 e. The number of carbonyl (C=O) groups is 1. The molecule has 27 heavy (non-hydrogen) atoms. The molecule has 1 saturated heterocycles. The molecule has 4 rings (SSSR count). The van der Waals surface area contributed by atoms with Gasteiger partial charge in [0.2, 0.25) is 5.91 Å². The van der Waals surface area contributed by atoms with E-state index in [-0.39, 0.29) is 11.8 Å². The molecule has 138 valence electrons. The Morgan fingerprint density at radius 1 is 1.26 bits per heavy atom. The zero-order valence-corrected chi connectivity index (χ0v) is 16.9. The molecular weight excluding hydrogens is 426 g/mol. The van der Waals surface area contributed by atoms with Crippen molar-refractivity contribution >= 4 is 44.1 Å². The number of thiazole rings is 1. The van der Waals surface area contributed by atoms with Crippen LogP contribution in [0.4, 0.5) is 10.9 Å². The fourth-order valence-electron chi connectivity index (χ4n) is 3.14. The van der Waals surface area contributed by atoms with Gasteiger partial charge < -0.3 is 10.2 Å². The molecule has 2 aromatic heterocycles. The van der Waals surface area contributed by atoms with Crippen molar-refractivity contribution in [2.45, 2.75) is 12.8 Å². The van der Waals surface area contributed by atoms with E-state index in [0.29, 0.717) is 5.13 Å². The minimum absolute atomic E-state index is 0.00357. The maximum atomic E-state index is 12.6. The fraction of sp³-hybridized carbons (Fsp3) is 0.263. The van der Waals surface area contributed by atoms with Crippen LogP contribution >= 0.6 is 27.3 Å². The van der Waals surface area contributed by atoms with Gasteiger partial charge in [-0.3, -0.25) is 9.78 Å². The summed E-state index contributed by atoms with van der Waals surface area (Å²) < 4.78 is 1.01. The highest BCUT2D eigenvalue weighted by atomic mass is 79.9. The molecule has 1 N–H and O–H groups in total. The van der Waals surface area contributed by atoms with E-state index in [2.05, 4.69) is 41.1 Å². The predicted octanol–water partition coefficient (Wildman–Crippen LogP) is 4.22. The monoisotopic (exact) mass is 443 g/mol. The van der Waals surface area contributed by atoms with Gasteiger partial charge in [-0.2, -0.15) is 0 Å². The second-order valence-corrected chi connectivity index (χ2v) is 8.14. The van der Waals surface area contributed by atoms with Crippen LogP contribution in [0.5, 0.6) is 0 Å². The van der Waals surface area contributed by atoms with Crippen LogP contribution in [0.1, 0.15) is 12.8 Å². The van der Waals surface area contributed by atoms with E-state index in [1.807, 2.05) is 29.6 Å². The van der Waals surface area contributed by atoms with Gasteiger partial charge >= 0.3 is 0 Å². The van der Waals surface area contributed by atoms with Gasteiger partial charge in [-0.25, -0.2) is 9.97 Å². The molecule has 1 aliphatic rings. The first-order valence-corrected chi connectivity index (χ1v) is 10.4. The van der Waals surface area contributed by atoms with Gasteiger partial charge in [0.1, 0.15) is 5.82 Å². The molecule has 8 heteroatoms. The quantitative estimate of drug-likeness (QED) is 0.653. The molecular formula is C19H18BrN5OS. The van der Waals surface area contributed by atoms with Crippen LogP contribution in [0.15, 0.2) is 52.7 Å². The number of halogens is 1. The topological polar surface area (TPSA) is 71.0 Å². The Kier molecular flexibility index (Phi) is 5.45. The van der Waals surface area contributed by atoms with Crippen LogP contribution in [0.2, 0.25) is 0 Å². The van der Waals surface area contributed by atoms with Crippen LogP contribution < -0.4 is 10.2 Å². The van der Waals surface area contributed by atoms with Crippen molar-refractivity contribution in [1.29, 1.82) is 0 Å². The Hall–Kier alpha value is -2.32. The molecule has 3 aromatic rings. The summed E-state index contributed by atoms with van der Waals surface area (Å²) in [6.07, 6.45) is 6.72. The first-order chi connectivity index (χ1) is 13.2. The SMILES string of the molecule is O=C(Nc1nc(-c2cccc(Br)c2)cs1)C1CCN(c2cnccn2)CC1. The summed E-state index contributed by atoms with van der Waals surface area (Å²) in [6.45, 7) is 1.61. The maximum Gasteiger partial charge on any atom is 0.229 e. The van der Waals surface area contributed by atoms with Gasteiger partial charge in [0.25, 0.3) is 0 Å². The summed E-state index contributed by atoms with van der Waals surface area (Å²) in [7, 11) is 0. The number of rotatable bonds is 4. The number of nitrogens with one attached hydrogen (secondary N) is 1. The Morgan fingerprint density at radius 3 is 2.85 bits per heavy atom. The van der Waals surface area contributed by atoms with Crippen molar-refractivity contribution in [3.05, 3.63) is 52.7 Å². The number of anilines is 2. The second-order valence-electron chi connectivity index (χ2n) is 6.36. The molecule has 0 spiro atoms. The molecule has 0 bridgehead atoms. The predicted molar refractivity (Wildman–Crippen MR) is 111 cm³/mol. The average Bonchev–Trinajstić information content (AvgIpc) is 3.17. The van der Waals surface area contributed by atoms with Crippen LogP contribution in [0.25, 0.3) is 11.3 Å². The summed E-state index contributed by atoms with van der Waals surface area (Å²) in [5.41, 5.74) is 1.90. The van der Waals surface area contributed by atoms with Crippen molar-refractivity contribution in [3.8, 4) is 11.3 Å². The molecule has 1 amide bonds. The summed E-state index contributed by atoms with van der Waals surface area (Å²) >= 11 is 4.93. The van der Waals surface area contributed by atoms with Crippen LogP contribution in [-0.4, -0.2) is 33.9 Å². The average molecular weight is 444 g/mol. The van der Waals surface area contributed by atoms with Gasteiger partial charge in [-0.05, 0) is 25.0 Å². The first-order valence-electron chi connectivity index (χ1n) is 8.72. The lowest BCUT2D eigenvalue weighted by atomic mass is 9.96. The standard InChI is InChI=1S/C19H18BrN5OS/c20-15-3-1-2-14(10-15)16-12-27-19(23-16)24-18(26)13-4-8-25(9-5-13)17-11-21-6-7-22-17/h1-3,6-7,10-13H,4-5,8-9H2,(H,23,24,26). The lowest BCUT2D eigenvalue weighted by molar-refractivity contribution is -0.120. The minimum Gasteiger partial charge on any atom is -0.355 e. The van der Waals surface area contributed by atoms with E-state index in [0.717, 1.165) is 47.5 Å². The van der Waals surface area contributed by atoms with E-state index in [1.54, 1.807) is 18.6 Å². The van der Waals surface area contributed by atoms with E-state index < -0.39 is 0 Å². The van der Waals surface area contributed by atoms with Crippen LogP contribution in [0.3, 0.4) is 0 Å². The minimum atomic E-state index is -0.00357. The molecule has 3 heterocycles. The zero-order chi connectivity index (χ0) is 18.6. The highest BCUT2D eigenvalue weighted by Gasteiger charge is 2.26. The molecule has 6 nitrogen and oxygen atoms in total.